The predicted molar refractivity (Wildman–Crippen MR) is 78.0 cm³/mol. The van der Waals surface area contributed by atoms with Crippen LogP contribution in [0.5, 0.6) is 0 Å². The van der Waals surface area contributed by atoms with Gasteiger partial charge in [0.25, 0.3) is 0 Å². The zero-order valence-corrected chi connectivity index (χ0v) is 15.5. The van der Waals surface area contributed by atoms with E-state index in [0.29, 0.717) is 12.5 Å². The van der Waals surface area contributed by atoms with Gasteiger partial charge in [-0.15, -0.1) is 0 Å². The van der Waals surface area contributed by atoms with Crippen LogP contribution in [0, 0.1) is 5.92 Å². The third-order valence-corrected chi connectivity index (χ3v) is 2.74. The van der Waals surface area contributed by atoms with E-state index in [1.54, 1.807) is 13.8 Å². The molecule has 0 saturated heterocycles. The van der Waals surface area contributed by atoms with E-state index in [0.717, 1.165) is 12.8 Å². The molecular weight excluding hydrogens is 269 g/mol. The molecule has 0 rings (SSSR count). The molecule has 0 aliphatic rings. The smallest absolute Gasteiger partial charge is 1.00 e. The van der Waals surface area contributed by atoms with Gasteiger partial charge in [0.1, 0.15) is 5.71 Å². The minimum absolute atomic E-state index is 0. The fourth-order valence-corrected chi connectivity index (χ4v) is 1.25. The van der Waals surface area contributed by atoms with Gasteiger partial charge in [0.2, 0.25) is 0 Å². The van der Waals surface area contributed by atoms with Crippen LogP contribution < -0.4 is 29.6 Å². The number of carboxylic acid groups (broad SMARTS) is 2. The number of carboxylic acids is 2. The Morgan fingerprint density at radius 1 is 1.20 bits per heavy atom. The molecule has 6 heteroatoms. The molecule has 1 unspecified atom stereocenters. The monoisotopic (exact) mass is 297 g/mol. The number of unbranched alkanes of at least 4 members (excludes halogenated alkanes) is 1. The zero-order valence-electron chi connectivity index (χ0n) is 14.5. The van der Waals surface area contributed by atoms with Gasteiger partial charge in [-0.25, -0.2) is 4.79 Å². The topological polar surface area (TPSA) is 87.0 Å². The van der Waals surface area contributed by atoms with Crippen LogP contribution in [-0.4, -0.2) is 34.4 Å². The summed E-state index contributed by atoms with van der Waals surface area (Å²) >= 11 is 0. The van der Waals surface area contributed by atoms with Crippen molar-refractivity contribution in [3.05, 3.63) is 0 Å². The maximum absolute atomic E-state index is 10.5. The van der Waals surface area contributed by atoms with Crippen molar-refractivity contribution >= 4 is 17.7 Å². The Labute approximate surface area is 145 Å². The van der Waals surface area contributed by atoms with Gasteiger partial charge in [0.05, 0.1) is 0 Å². The molecule has 0 aliphatic heterocycles. The summed E-state index contributed by atoms with van der Waals surface area (Å²) in [6.07, 6.45) is 4.86. The molecule has 0 aromatic heterocycles. The Kier molecular flexibility index (Phi) is 20.5. The quantitative estimate of drug-likeness (QED) is 0.500. The molecule has 5 nitrogen and oxygen atoms in total. The maximum atomic E-state index is 10.5. The number of carbonyl (C=O) groups is 2. The first-order valence-electron chi connectivity index (χ1n) is 6.84. The molecule has 0 aromatic rings. The molecule has 0 saturated carbocycles. The minimum atomic E-state index is -0.907. The van der Waals surface area contributed by atoms with Crippen molar-refractivity contribution in [3.8, 4) is 0 Å². The molecule has 0 spiro atoms. The number of hydrogen-bond acceptors (Lipinski definition) is 3. The van der Waals surface area contributed by atoms with Crippen molar-refractivity contribution in [2.24, 2.45) is 10.9 Å². The second kappa shape index (κ2) is 16.7. The molecule has 1 atom stereocenters. The van der Waals surface area contributed by atoms with Crippen molar-refractivity contribution in [1.29, 1.82) is 0 Å². The first kappa shape index (κ1) is 24.6. The average Bonchev–Trinajstić information content (AvgIpc) is 2.39. The molecule has 0 amide bonds. The van der Waals surface area contributed by atoms with Gasteiger partial charge >= 0.3 is 41.5 Å². The average molecular weight is 297 g/mol. The number of aliphatic carboxylic acids is 2. The third-order valence-electron chi connectivity index (χ3n) is 2.74. The van der Waals surface area contributed by atoms with E-state index in [1.165, 1.54) is 12.8 Å². The first-order chi connectivity index (χ1) is 8.88. The minimum Gasteiger partial charge on any atom is -1.00 e. The zero-order chi connectivity index (χ0) is 15.3. The van der Waals surface area contributed by atoms with Crippen LogP contribution >= 0.6 is 0 Å². The normalized spacial score (nSPS) is 11.7. The Balaban J connectivity index is -0.000000179. The van der Waals surface area contributed by atoms with Gasteiger partial charge in [0.15, 0.2) is 0 Å². The molecule has 20 heavy (non-hydrogen) atoms. The molecule has 0 aliphatic carbocycles. The van der Waals surface area contributed by atoms with Crippen LogP contribution in [-0.2, 0) is 9.59 Å². The Morgan fingerprint density at radius 2 is 1.70 bits per heavy atom. The van der Waals surface area contributed by atoms with E-state index in [-0.39, 0.29) is 43.1 Å². The van der Waals surface area contributed by atoms with Crippen molar-refractivity contribution in [2.75, 3.05) is 6.54 Å². The van der Waals surface area contributed by atoms with Crippen LogP contribution in [0.4, 0.5) is 0 Å². The number of hydrogen-bond donors (Lipinski definition) is 2. The molecule has 0 bridgehead atoms. The molecule has 0 fully saturated rings. The number of nitrogens with zero attached hydrogens (tertiary/aromatic N) is 1. The Bertz CT molecular complexity index is 299. The van der Waals surface area contributed by atoms with E-state index < -0.39 is 11.9 Å². The second-order valence-electron chi connectivity index (χ2n) is 4.40. The summed E-state index contributed by atoms with van der Waals surface area (Å²) in [4.78, 5) is 23.9. The van der Waals surface area contributed by atoms with Gasteiger partial charge in [-0.1, -0.05) is 40.0 Å². The van der Waals surface area contributed by atoms with Crippen molar-refractivity contribution < 1.29 is 50.8 Å². The van der Waals surface area contributed by atoms with Gasteiger partial charge in [-0.05, 0) is 19.3 Å². The summed E-state index contributed by atoms with van der Waals surface area (Å²) in [5.41, 5.74) is 0.222. The van der Waals surface area contributed by atoms with Crippen LogP contribution in [0.15, 0.2) is 4.99 Å². The largest absolute Gasteiger partial charge is 1.00 e. The molecule has 2 N–H and O–H groups in total. The fourth-order valence-electron chi connectivity index (χ4n) is 1.25. The van der Waals surface area contributed by atoms with E-state index >= 15 is 0 Å². The Morgan fingerprint density at radius 3 is 2.00 bits per heavy atom. The predicted octanol–water partition coefficient (Wildman–Crippen LogP) is 0.346. The number of rotatable bonds is 8. The van der Waals surface area contributed by atoms with Crippen LogP contribution in [0.2, 0.25) is 0 Å². The summed E-state index contributed by atoms with van der Waals surface area (Å²) in [5, 5.41) is 16.3. The second-order valence-corrected chi connectivity index (χ2v) is 4.40. The van der Waals surface area contributed by atoms with Gasteiger partial charge in [-0.3, -0.25) is 9.79 Å². The van der Waals surface area contributed by atoms with Gasteiger partial charge in [-0.2, -0.15) is 0 Å². The van der Waals surface area contributed by atoms with Gasteiger partial charge < -0.3 is 11.6 Å². The fraction of sp³-hybridized carbons (Fsp3) is 0.786. The first-order valence-corrected chi connectivity index (χ1v) is 6.84. The summed E-state index contributed by atoms with van der Waals surface area (Å²) in [5.74, 6) is -1.11. The SMILES string of the molecule is CCC(=O)O.CCCCC(CC)CN=C(C)C(=O)O.[H-].[Na+]. The van der Waals surface area contributed by atoms with E-state index in [4.69, 9.17) is 10.2 Å². The molecule has 0 radical (unpaired) electrons. The van der Waals surface area contributed by atoms with Crippen LogP contribution in [0.3, 0.4) is 0 Å². The van der Waals surface area contributed by atoms with E-state index in [2.05, 4.69) is 18.8 Å². The standard InChI is InChI=1S/C11H21NO2.C3H6O2.Na.H/c1-4-6-7-10(5-2)8-12-9(3)11(13)14;1-2-3(4)5;;/h10H,4-8H2,1-3H3,(H,13,14);2H2,1H3,(H,4,5);;/q;;+1;-1. The van der Waals surface area contributed by atoms with Crippen molar-refractivity contribution in [3.63, 3.8) is 0 Å². The Hall–Kier alpha value is -0.390. The van der Waals surface area contributed by atoms with E-state index in [9.17, 15) is 9.59 Å². The van der Waals surface area contributed by atoms with Crippen LogP contribution in [0.25, 0.3) is 0 Å². The maximum Gasteiger partial charge on any atom is 1.00 e. The van der Waals surface area contributed by atoms with Crippen molar-refractivity contribution in [2.45, 2.75) is 59.8 Å². The summed E-state index contributed by atoms with van der Waals surface area (Å²) in [7, 11) is 0. The van der Waals surface area contributed by atoms with Gasteiger partial charge in [0, 0.05) is 13.0 Å². The molecule has 0 aromatic carbocycles. The van der Waals surface area contributed by atoms with Crippen LogP contribution in [0.1, 0.15) is 61.2 Å². The molecule has 114 valence electrons. The summed E-state index contributed by atoms with van der Waals surface area (Å²) in [6.45, 7) is 8.11. The summed E-state index contributed by atoms with van der Waals surface area (Å²) in [6, 6.07) is 0. The van der Waals surface area contributed by atoms with E-state index in [1.807, 2.05) is 0 Å². The summed E-state index contributed by atoms with van der Waals surface area (Å²) < 4.78 is 0. The third kappa shape index (κ3) is 17.6. The molecule has 0 heterocycles. The van der Waals surface area contributed by atoms with Crippen molar-refractivity contribution in [1.82, 2.24) is 0 Å². The number of aliphatic imine (C=N–C) groups is 1. The molecular formula is C14H28NNaO4.